The molecule has 25 heavy (non-hydrogen) atoms. The van der Waals surface area contributed by atoms with Crippen LogP contribution in [-0.2, 0) is 10.0 Å². The van der Waals surface area contributed by atoms with E-state index in [4.69, 9.17) is 23.2 Å². The van der Waals surface area contributed by atoms with Gasteiger partial charge in [0.15, 0.2) is 0 Å². The Balaban J connectivity index is 2.12. The largest absolute Gasteiger partial charge is 0.243 e. The predicted octanol–water partition coefficient (Wildman–Crippen LogP) is 5.28. The van der Waals surface area contributed by atoms with Crippen molar-refractivity contribution in [2.45, 2.75) is 56.4 Å². The highest BCUT2D eigenvalue weighted by molar-refractivity contribution is 7.89. The van der Waals surface area contributed by atoms with Gasteiger partial charge in [-0.05, 0) is 38.3 Å². The minimum Gasteiger partial charge on any atom is -0.242 e. The van der Waals surface area contributed by atoms with Crippen LogP contribution in [0.2, 0.25) is 10.2 Å². The third-order valence-corrected chi connectivity index (χ3v) is 7.71. The summed E-state index contributed by atoms with van der Waals surface area (Å²) >= 11 is 12.3. The standard InChI is InChI=1S/C18H22Cl2N2O2S/c1-3-10-22(18(2)8-4-5-9-18)25(23,24)13-6-7-14-15(11-13)17(20)21-12-16(14)19/h6-7,11-12H,3-5,8-10H2,1-2H3. The maximum Gasteiger partial charge on any atom is 0.243 e. The maximum atomic E-state index is 13.4. The average Bonchev–Trinajstić information content (AvgIpc) is 3.03. The summed E-state index contributed by atoms with van der Waals surface area (Å²) in [6.45, 7) is 4.57. The van der Waals surface area contributed by atoms with Crippen LogP contribution in [0.3, 0.4) is 0 Å². The summed E-state index contributed by atoms with van der Waals surface area (Å²) < 4.78 is 28.4. The summed E-state index contributed by atoms with van der Waals surface area (Å²) in [6.07, 6.45) is 6.17. The van der Waals surface area contributed by atoms with Crippen LogP contribution in [0.15, 0.2) is 29.3 Å². The highest BCUT2D eigenvalue weighted by Crippen LogP contribution is 2.39. The molecule has 2 aromatic rings. The van der Waals surface area contributed by atoms with Crippen molar-refractivity contribution in [3.63, 3.8) is 0 Å². The van der Waals surface area contributed by atoms with E-state index >= 15 is 0 Å². The first-order chi connectivity index (χ1) is 11.8. The van der Waals surface area contributed by atoms with Gasteiger partial charge in [-0.1, -0.05) is 49.0 Å². The van der Waals surface area contributed by atoms with Gasteiger partial charge in [-0.2, -0.15) is 4.31 Å². The first-order valence-corrected chi connectivity index (χ1v) is 10.8. The summed E-state index contributed by atoms with van der Waals surface area (Å²) in [5.74, 6) is 0. The van der Waals surface area contributed by atoms with E-state index < -0.39 is 10.0 Å². The van der Waals surface area contributed by atoms with E-state index in [1.54, 1.807) is 22.5 Å². The summed E-state index contributed by atoms with van der Waals surface area (Å²) in [5, 5.41) is 1.97. The van der Waals surface area contributed by atoms with Crippen molar-refractivity contribution in [1.29, 1.82) is 0 Å². The van der Waals surface area contributed by atoms with Crippen molar-refractivity contribution in [2.24, 2.45) is 0 Å². The molecule has 0 aliphatic heterocycles. The lowest BCUT2D eigenvalue weighted by atomic mass is 10.0. The van der Waals surface area contributed by atoms with E-state index in [0.29, 0.717) is 22.3 Å². The lowest BCUT2D eigenvalue weighted by Crippen LogP contribution is -2.48. The van der Waals surface area contributed by atoms with E-state index in [1.807, 2.05) is 6.92 Å². The molecule has 4 nitrogen and oxygen atoms in total. The number of hydrogen-bond acceptors (Lipinski definition) is 3. The van der Waals surface area contributed by atoms with E-state index in [-0.39, 0.29) is 15.6 Å². The molecule has 136 valence electrons. The van der Waals surface area contributed by atoms with Crippen molar-refractivity contribution in [1.82, 2.24) is 9.29 Å². The minimum absolute atomic E-state index is 0.243. The summed E-state index contributed by atoms with van der Waals surface area (Å²) in [4.78, 5) is 4.27. The molecule has 0 radical (unpaired) electrons. The fraction of sp³-hybridized carbons (Fsp3) is 0.500. The van der Waals surface area contributed by atoms with Crippen molar-refractivity contribution >= 4 is 44.0 Å². The topological polar surface area (TPSA) is 50.3 Å². The number of aromatic nitrogens is 1. The summed E-state index contributed by atoms with van der Waals surface area (Å²) in [7, 11) is -3.62. The molecule has 0 amide bonds. The molecule has 0 N–H and O–H groups in total. The first-order valence-electron chi connectivity index (χ1n) is 8.56. The molecule has 1 aliphatic rings. The van der Waals surface area contributed by atoms with Crippen LogP contribution in [-0.4, -0.2) is 29.8 Å². The maximum absolute atomic E-state index is 13.4. The molecule has 1 saturated carbocycles. The molecular formula is C18H22Cl2N2O2S. The highest BCUT2D eigenvalue weighted by atomic mass is 35.5. The van der Waals surface area contributed by atoms with Gasteiger partial charge in [-0.25, -0.2) is 13.4 Å². The van der Waals surface area contributed by atoms with Gasteiger partial charge in [0, 0.05) is 29.1 Å². The van der Waals surface area contributed by atoms with Crippen LogP contribution in [0.5, 0.6) is 0 Å². The minimum atomic E-state index is -3.62. The van der Waals surface area contributed by atoms with Gasteiger partial charge in [0.2, 0.25) is 10.0 Å². The zero-order valence-electron chi connectivity index (χ0n) is 14.4. The Morgan fingerprint density at radius 1 is 1.20 bits per heavy atom. The molecular weight excluding hydrogens is 379 g/mol. The molecule has 1 aromatic heterocycles. The van der Waals surface area contributed by atoms with Gasteiger partial charge >= 0.3 is 0 Å². The second kappa shape index (κ2) is 7.03. The first kappa shape index (κ1) is 18.9. The van der Waals surface area contributed by atoms with Gasteiger partial charge in [0.25, 0.3) is 0 Å². The highest BCUT2D eigenvalue weighted by Gasteiger charge is 2.41. The number of fused-ring (bicyclic) bond motifs is 1. The number of halogens is 2. The molecule has 0 saturated heterocycles. The van der Waals surface area contributed by atoms with Crippen LogP contribution < -0.4 is 0 Å². The molecule has 0 bridgehead atoms. The van der Waals surface area contributed by atoms with Crippen LogP contribution in [0.4, 0.5) is 0 Å². The molecule has 7 heteroatoms. The Bertz CT molecular complexity index is 893. The second-order valence-corrected chi connectivity index (χ2v) is 9.51. The zero-order chi connectivity index (χ0) is 18.2. The van der Waals surface area contributed by atoms with Crippen molar-refractivity contribution in [3.8, 4) is 0 Å². The van der Waals surface area contributed by atoms with E-state index in [2.05, 4.69) is 11.9 Å². The van der Waals surface area contributed by atoms with Crippen molar-refractivity contribution in [2.75, 3.05) is 6.54 Å². The third-order valence-electron chi connectivity index (χ3n) is 5.06. The predicted molar refractivity (Wildman–Crippen MR) is 103 cm³/mol. The molecule has 3 rings (SSSR count). The quantitative estimate of drug-likeness (QED) is 0.641. The fourth-order valence-corrected chi connectivity index (χ4v) is 6.08. The number of rotatable bonds is 5. The van der Waals surface area contributed by atoms with Gasteiger partial charge in [0.1, 0.15) is 5.15 Å². The van der Waals surface area contributed by atoms with Crippen LogP contribution in [0.1, 0.15) is 46.0 Å². The van der Waals surface area contributed by atoms with Crippen molar-refractivity contribution in [3.05, 3.63) is 34.6 Å². The smallest absolute Gasteiger partial charge is 0.242 e. The Hall–Kier alpha value is -0.880. The normalized spacial score (nSPS) is 17.5. The Morgan fingerprint density at radius 3 is 2.52 bits per heavy atom. The fourth-order valence-electron chi connectivity index (χ4n) is 3.71. The zero-order valence-corrected chi connectivity index (χ0v) is 16.8. The number of sulfonamides is 1. The van der Waals surface area contributed by atoms with Crippen LogP contribution in [0.25, 0.3) is 10.8 Å². The Labute approximate surface area is 159 Å². The van der Waals surface area contributed by atoms with Crippen molar-refractivity contribution < 1.29 is 8.42 Å². The SMILES string of the molecule is CCCN(C1(C)CCCC1)S(=O)(=O)c1ccc2c(Cl)cnc(Cl)c2c1. The third kappa shape index (κ3) is 3.39. The van der Waals surface area contributed by atoms with Crippen LogP contribution >= 0.6 is 23.2 Å². The molecule has 1 aliphatic carbocycles. The second-order valence-electron chi connectivity index (χ2n) is 6.89. The van der Waals surface area contributed by atoms with Gasteiger partial charge in [0.05, 0.1) is 9.92 Å². The Morgan fingerprint density at radius 2 is 1.88 bits per heavy atom. The number of hydrogen-bond donors (Lipinski definition) is 0. The number of benzene rings is 1. The molecule has 0 spiro atoms. The average molecular weight is 401 g/mol. The van der Waals surface area contributed by atoms with Gasteiger partial charge in [-0.15, -0.1) is 0 Å². The van der Waals surface area contributed by atoms with Crippen LogP contribution in [0, 0.1) is 0 Å². The Kier molecular flexibility index (Phi) is 5.31. The van der Waals surface area contributed by atoms with E-state index in [0.717, 1.165) is 32.1 Å². The monoisotopic (exact) mass is 400 g/mol. The molecule has 1 aromatic carbocycles. The molecule has 1 fully saturated rings. The summed E-state index contributed by atoms with van der Waals surface area (Å²) in [6, 6.07) is 4.91. The number of nitrogens with zero attached hydrogens (tertiary/aromatic N) is 2. The summed E-state index contributed by atoms with van der Waals surface area (Å²) in [5.41, 5.74) is -0.319. The number of pyridine rings is 1. The lowest BCUT2D eigenvalue weighted by molar-refractivity contribution is 0.211. The van der Waals surface area contributed by atoms with Gasteiger partial charge in [-0.3, -0.25) is 0 Å². The molecule has 0 unspecified atom stereocenters. The van der Waals surface area contributed by atoms with E-state index in [9.17, 15) is 8.42 Å². The van der Waals surface area contributed by atoms with Gasteiger partial charge < -0.3 is 0 Å². The molecule has 1 heterocycles. The molecule has 0 atom stereocenters. The van der Waals surface area contributed by atoms with E-state index in [1.165, 1.54) is 6.20 Å². The lowest BCUT2D eigenvalue weighted by Gasteiger charge is -2.37.